The molecule has 5 unspecified atom stereocenters. The van der Waals surface area contributed by atoms with Gasteiger partial charge >= 0.3 is 24.4 Å². The van der Waals surface area contributed by atoms with Gasteiger partial charge < -0.3 is 86.2 Å². The molecule has 0 heterocycles. The van der Waals surface area contributed by atoms with Crippen LogP contribution in [0, 0.1) is 23.7 Å². The van der Waals surface area contributed by atoms with Gasteiger partial charge in [-0.25, -0.2) is 19.2 Å². The molecule has 0 aliphatic carbocycles. The van der Waals surface area contributed by atoms with E-state index in [1.807, 2.05) is 27.7 Å². The van der Waals surface area contributed by atoms with Crippen LogP contribution in [0.5, 0.6) is 0 Å². The Hall–Kier alpha value is -8.71. The van der Waals surface area contributed by atoms with Crippen LogP contribution in [0.3, 0.4) is 0 Å². The largest absolute Gasteiger partial charge is 0.446 e. The van der Waals surface area contributed by atoms with Gasteiger partial charge in [-0.05, 0) is 80.8 Å². The van der Waals surface area contributed by atoms with Gasteiger partial charge in [0, 0.05) is 97.4 Å². The van der Waals surface area contributed by atoms with Crippen molar-refractivity contribution >= 4 is 76.9 Å². The van der Waals surface area contributed by atoms with Crippen LogP contribution in [0.15, 0.2) is 73.8 Å². The number of nitrogens with one attached hydrogen (secondary N) is 8. The summed E-state index contributed by atoms with van der Waals surface area (Å²) in [5.74, 6) is -5.70. The Morgan fingerprint density at radius 3 is 1.11 bits per heavy atom. The molecule has 0 saturated carbocycles. The summed E-state index contributed by atoms with van der Waals surface area (Å²) in [6, 6.07) is 15.1. The molecule has 0 radical (unpaired) electrons. The molecule has 0 aliphatic heterocycles. The first kappa shape index (κ1) is 116. The van der Waals surface area contributed by atoms with Crippen molar-refractivity contribution in [3.8, 4) is 0 Å². The number of rotatable bonds is 56. The highest BCUT2D eigenvalue weighted by molar-refractivity contribution is 5.95. The Labute approximate surface area is 652 Å². The minimum absolute atomic E-state index is 0. The second kappa shape index (κ2) is 73.4. The lowest BCUT2D eigenvalue weighted by atomic mass is 9.91. The number of amides is 8. The molecule has 5 atom stereocenters. The Morgan fingerprint density at radius 2 is 0.752 bits per heavy atom. The second-order valence-electron chi connectivity index (χ2n) is 24.2. The molecule has 0 spiro atoms. The Balaban J connectivity index is -0.00000168. The van der Waals surface area contributed by atoms with Crippen LogP contribution >= 0.6 is 0 Å². The van der Waals surface area contributed by atoms with Gasteiger partial charge in [-0.15, -0.1) is 13.2 Å². The number of hydrogen-bond acceptors (Lipinski definition) is 22. The van der Waals surface area contributed by atoms with Crippen molar-refractivity contribution in [3.63, 3.8) is 0 Å². The monoisotopic (exact) mass is 1550 g/mol. The van der Waals surface area contributed by atoms with Gasteiger partial charge in [-0.2, -0.15) is 0 Å². The topological polar surface area (TPSA) is 418 Å². The van der Waals surface area contributed by atoms with E-state index in [1.54, 1.807) is 74.9 Å². The standard InChI is InChI=1S/C69H107N9O21.C2H4.8CH4/c1-48(2)39-57(59(81)22-24-62(84)71-27-15-29-94-33-31-92-5)76-64(86)52(41-50-17-9-7-10-18-50)43-54(79)46-74-67(89)97-36-35-96-66(88)73-26-14-13-21-56(61(83)45-70)78-69(91)99-38-37-98-68(90)75-47-55(80)44-53(42-51-19-11-8-12-20-51)65(87)77-58(40-49(3)4)60(82)23-25-63(85)72-28-16-30-95-34-32-93-6;1-2;;;;;;;;/h7-12,17-20,48-49,52-53,56-58H,13-16,21-47,70H2,1-6H3,(H,71,84)(H,72,85)(H,73,88)(H,74,89)(H,75,90)(H,76,86)(H,77,87)(H,78,91);1-2H2;8*1H4. The highest BCUT2D eigenvalue weighted by Crippen LogP contribution is 2.19. The molecule has 0 aromatic heterocycles. The smallest absolute Gasteiger partial charge is 0.407 e. The van der Waals surface area contributed by atoms with E-state index in [9.17, 15) is 62.3 Å². The summed E-state index contributed by atoms with van der Waals surface area (Å²) >= 11 is 0. The van der Waals surface area contributed by atoms with Crippen LogP contribution in [-0.2, 0) is 93.9 Å². The van der Waals surface area contributed by atoms with E-state index in [0.717, 1.165) is 11.1 Å². The molecule has 30 nitrogen and oxygen atoms in total. The number of Topliss-reactive ketones (excluding diaryl/α,β-unsaturated/α-hetero) is 5. The second-order valence-corrected chi connectivity index (χ2v) is 24.2. The zero-order chi connectivity index (χ0) is 75.0. The zero-order valence-electron chi connectivity index (χ0n) is 59.8. The summed E-state index contributed by atoms with van der Waals surface area (Å²) in [4.78, 5) is 168. The Kier molecular flexibility index (Phi) is 78.2. The lowest BCUT2D eigenvalue weighted by Gasteiger charge is -2.23. The first-order valence-electron chi connectivity index (χ1n) is 34.4. The maximum atomic E-state index is 13.8. The van der Waals surface area contributed by atoms with Crippen molar-refractivity contribution in [2.24, 2.45) is 29.4 Å². The fourth-order valence-electron chi connectivity index (χ4n) is 9.70. The van der Waals surface area contributed by atoms with Crippen LogP contribution in [0.25, 0.3) is 0 Å². The number of methoxy groups -OCH3 is 2. The third-order valence-corrected chi connectivity index (χ3v) is 14.8. The van der Waals surface area contributed by atoms with Crippen molar-refractivity contribution in [2.45, 2.75) is 202 Å². The molecule has 109 heavy (non-hydrogen) atoms. The Morgan fingerprint density at radius 1 is 0.394 bits per heavy atom. The molecule has 0 aliphatic rings. The predicted octanol–water partition coefficient (Wildman–Crippen LogP) is 9.58. The molecule has 2 rings (SSSR count). The van der Waals surface area contributed by atoms with Crippen LogP contribution in [0.1, 0.15) is 182 Å². The molecule has 0 saturated heterocycles. The predicted molar refractivity (Wildman–Crippen MR) is 428 cm³/mol. The number of hydrogen-bond donors (Lipinski definition) is 9. The summed E-state index contributed by atoms with van der Waals surface area (Å²) in [6.45, 7) is 14.1. The minimum Gasteiger partial charge on any atom is -0.446 e. The molecule has 0 fully saturated rings. The maximum absolute atomic E-state index is 13.8. The number of ether oxygens (including phenoxy) is 8. The van der Waals surface area contributed by atoms with Crippen molar-refractivity contribution in [1.29, 1.82) is 0 Å². The zero-order valence-corrected chi connectivity index (χ0v) is 59.8. The van der Waals surface area contributed by atoms with Gasteiger partial charge in [-0.3, -0.25) is 43.2 Å². The van der Waals surface area contributed by atoms with E-state index in [4.69, 9.17) is 43.6 Å². The molecule has 630 valence electrons. The number of nitrogens with two attached hydrogens (primary N) is 1. The van der Waals surface area contributed by atoms with Crippen LogP contribution in [0.2, 0.25) is 0 Å². The quantitative estimate of drug-likeness (QED) is 0.0169. The molecule has 10 N–H and O–H groups in total. The van der Waals surface area contributed by atoms with E-state index in [2.05, 4.69) is 55.7 Å². The number of benzene rings is 2. The highest BCUT2D eigenvalue weighted by atomic mass is 16.6. The minimum atomic E-state index is -1.06. The third-order valence-electron chi connectivity index (χ3n) is 14.8. The highest BCUT2D eigenvalue weighted by Gasteiger charge is 2.31. The summed E-state index contributed by atoms with van der Waals surface area (Å²) in [5.41, 5.74) is 7.10. The summed E-state index contributed by atoms with van der Waals surface area (Å²) in [7, 11) is 3.14. The lowest BCUT2D eigenvalue weighted by Crippen LogP contribution is -2.46. The summed E-state index contributed by atoms with van der Waals surface area (Å²) < 4.78 is 40.9. The SMILES string of the molecule is C.C.C.C.C.C.C.C.C=C.COCCOCCCNC(=O)CCC(=O)C(CC(C)C)NC(=O)C(CC(=O)CNC(=O)OCCOC(=O)NCCCCC(NC(=O)OCCOC(=O)NCC(=O)CC(Cc1ccccc1)C(=O)NC(CC(C)C)C(=O)CCC(=O)NCCCOCCOC)C(=O)CN)Cc1ccccc1. The molecular formula is C79H143N9O21. The summed E-state index contributed by atoms with van der Waals surface area (Å²) in [6.07, 6.45) is -1.97. The molecule has 8 amide bonds. The normalized spacial score (nSPS) is 11.4. The number of alkyl carbamates (subject to hydrolysis) is 4. The number of ketones is 5. The van der Waals surface area contributed by atoms with E-state index in [1.165, 1.54) is 0 Å². The van der Waals surface area contributed by atoms with Crippen molar-refractivity contribution in [2.75, 3.05) is 120 Å². The summed E-state index contributed by atoms with van der Waals surface area (Å²) in [5, 5.41) is 20.8. The fourth-order valence-corrected chi connectivity index (χ4v) is 9.70. The average Bonchev–Trinajstić information content (AvgIpc) is 0.871. The maximum Gasteiger partial charge on any atom is 0.407 e. The average molecular weight is 1560 g/mol. The van der Waals surface area contributed by atoms with E-state index >= 15 is 0 Å². The van der Waals surface area contributed by atoms with Gasteiger partial charge in [-0.1, -0.05) is 148 Å². The van der Waals surface area contributed by atoms with E-state index < -0.39 is 116 Å². The fraction of sp³-hybridized carbons (Fsp3) is 0.658. The Bertz CT molecular complexity index is 2780. The number of carbonyl (C=O) groups excluding carboxylic acids is 13. The molecule has 2 aromatic rings. The first-order chi connectivity index (χ1) is 48.5. The van der Waals surface area contributed by atoms with Gasteiger partial charge in [0.2, 0.25) is 23.6 Å². The van der Waals surface area contributed by atoms with Crippen molar-refractivity contribution < 1.29 is 100 Å². The van der Waals surface area contributed by atoms with Gasteiger partial charge in [0.25, 0.3) is 0 Å². The number of unbranched alkanes of at least 4 members (excludes halogenated alkanes) is 1. The van der Waals surface area contributed by atoms with Crippen molar-refractivity contribution in [1.82, 2.24) is 42.5 Å². The van der Waals surface area contributed by atoms with E-state index in [0.29, 0.717) is 91.3 Å². The number of carbonyl (C=O) groups is 13. The molecule has 30 heteroatoms. The van der Waals surface area contributed by atoms with Gasteiger partial charge in [0.05, 0.1) is 64.2 Å². The molecule has 0 bridgehead atoms. The third kappa shape index (κ3) is 59.9. The molecule has 2 aromatic carbocycles. The van der Waals surface area contributed by atoms with Crippen LogP contribution in [0.4, 0.5) is 19.2 Å². The molecular weight excluding hydrogens is 1410 g/mol. The van der Waals surface area contributed by atoms with E-state index in [-0.39, 0.29) is 172 Å². The lowest BCUT2D eigenvalue weighted by molar-refractivity contribution is -0.133. The van der Waals surface area contributed by atoms with Gasteiger partial charge in [0.15, 0.2) is 28.9 Å². The van der Waals surface area contributed by atoms with Gasteiger partial charge in [0.1, 0.15) is 26.4 Å². The first-order valence-corrected chi connectivity index (χ1v) is 34.4. The van der Waals surface area contributed by atoms with Crippen LogP contribution < -0.4 is 48.3 Å². The van der Waals surface area contributed by atoms with Crippen molar-refractivity contribution in [3.05, 3.63) is 84.9 Å². The van der Waals surface area contributed by atoms with Crippen LogP contribution in [-0.4, -0.2) is 215 Å².